The Kier molecular flexibility index (Phi) is 4.86. The molecule has 2 aromatic rings. The number of carboxylic acids is 1. The number of likely N-dealkylation sites (tertiary alicyclic amines) is 1. The second-order valence-corrected chi connectivity index (χ2v) is 10.1. The summed E-state index contributed by atoms with van der Waals surface area (Å²) in [6.07, 6.45) is 4.21. The fourth-order valence-corrected chi connectivity index (χ4v) is 6.25. The standard InChI is InChI=1S/C20H19ClN2O5S/c21-15-3-1-2-4-17(15)29(27,28)14-11-16(18(24)25)23(12-14)19(26)20(7-8-20)13-5-9-22-10-6-13/h1-6,9-10,14,16H,7-8,11-12H2,(H,24,25). The minimum atomic E-state index is -3.89. The van der Waals surface area contributed by atoms with Gasteiger partial charge in [-0.05, 0) is 49.1 Å². The highest BCUT2D eigenvalue weighted by molar-refractivity contribution is 7.92. The van der Waals surface area contributed by atoms with Crippen LogP contribution < -0.4 is 0 Å². The Morgan fingerprint density at radius 1 is 1.14 bits per heavy atom. The van der Waals surface area contributed by atoms with Gasteiger partial charge in [0.15, 0.2) is 9.84 Å². The fourth-order valence-electron chi connectivity index (χ4n) is 4.03. The van der Waals surface area contributed by atoms with Gasteiger partial charge in [-0.1, -0.05) is 23.7 Å². The monoisotopic (exact) mass is 434 g/mol. The van der Waals surface area contributed by atoms with E-state index in [0.29, 0.717) is 12.8 Å². The molecule has 152 valence electrons. The number of rotatable bonds is 5. The number of pyridine rings is 1. The first kappa shape index (κ1) is 19.8. The van der Waals surface area contributed by atoms with E-state index in [9.17, 15) is 23.1 Å². The number of nitrogens with zero attached hydrogens (tertiary/aromatic N) is 2. The van der Waals surface area contributed by atoms with E-state index in [0.717, 1.165) is 5.56 Å². The van der Waals surface area contributed by atoms with Gasteiger partial charge in [0.25, 0.3) is 0 Å². The molecule has 1 aliphatic heterocycles. The molecule has 4 rings (SSSR count). The third-order valence-electron chi connectivity index (χ3n) is 5.78. The molecule has 1 aromatic carbocycles. The number of carbonyl (C=O) groups excluding carboxylic acids is 1. The molecular formula is C20H19ClN2O5S. The lowest BCUT2D eigenvalue weighted by atomic mass is 9.95. The molecule has 1 saturated carbocycles. The average molecular weight is 435 g/mol. The van der Waals surface area contributed by atoms with Crippen LogP contribution in [-0.2, 0) is 24.8 Å². The van der Waals surface area contributed by atoms with Gasteiger partial charge < -0.3 is 10.0 Å². The van der Waals surface area contributed by atoms with Crippen molar-refractivity contribution in [1.29, 1.82) is 0 Å². The summed E-state index contributed by atoms with van der Waals surface area (Å²) in [5.74, 6) is -1.55. The number of hydrogen-bond donors (Lipinski definition) is 1. The van der Waals surface area contributed by atoms with E-state index in [-0.39, 0.29) is 28.8 Å². The zero-order valence-electron chi connectivity index (χ0n) is 15.4. The highest BCUT2D eigenvalue weighted by atomic mass is 35.5. The van der Waals surface area contributed by atoms with Crippen molar-refractivity contribution in [1.82, 2.24) is 9.88 Å². The van der Waals surface area contributed by atoms with E-state index in [1.807, 2.05) is 0 Å². The van der Waals surface area contributed by atoms with E-state index in [1.165, 1.54) is 17.0 Å². The van der Waals surface area contributed by atoms with Crippen LogP contribution in [0.5, 0.6) is 0 Å². The van der Waals surface area contributed by atoms with Gasteiger partial charge in [0.2, 0.25) is 5.91 Å². The molecule has 0 radical (unpaired) electrons. The summed E-state index contributed by atoms with van der Waals surface area (Å²) < 4.78 is 26.2. The molecule has 0 spiro atoms. The second kappa shape index (κ2) is 7.11. The topological polar surface area (TPSA) is 105 Å². The molecule has 1 aliphatic carbocycles. The Morgan fingerprint density at radius 2 is 1.79 bits per heavy atom. The Bertz CT molecular complexity index is 1070. The summed E-state index contributed by atoms with van der Waals surface area (Å²) in [4.78, 5) is 30.3. The van der Waals surface area contributed by atoms with Crippen molar-refractivity contribution in [2.24, 2.45) is 0 Å². The van der Waals surface area contributed by atoms with Crippen molar-refractivity contribution in [2.75, 3.05) is 6.54 Å². The number of carboxylic acid groups (broad SMARTS) is 1. The van der Waals surface area contributed by atoms with Gasteiger partial charge in [-0.3, -0.25) is 9.78 Å². The van der Waals surface area contributed by atoms with Gasteiger partial charge in [0, 0.05) is 18.9 Å². The Morgan fingerprint density at radius 3 is 2.38 bits per heavy atom. The highest BCUT2D eigenvalue weighted by Crippen LogP contribution is 2.50. The van der Waals surface area contributed by atoms with E-state index >= 15 is 0 Å². The number of hydrogen-bond acceptors (Lipinski definition) is 5. The minimum Gasteiger partial charge on any atom is -0.480 e. The first-order valence-electron chi connectivity index (χ1n) is 9.20. The third kappa shape index (κ3) is 3.30. The molecule has 2 fully saturated rings. The molecule has 2 atom stereocenters. The van der Waals surface area contributed by atoms with E-state index in [2.05, 4.69) is 4.98 Å². The smallest absolute Gasteiger partial charge is 0.326 e. The molecule has 29 heavy (non-hydrogen) atoms. The molecule has 1 amide bonds. The number of sulfone groups is 1. The molecule has 2 aliphatic rings. The van der Waals surface area contributed by atoms with E-state index in [4.69, 9.17) is 11.6 Å². The molecule has 1 aromatic heterocycles. The summed E-state index contributed by atoms with van der Waals surface area (Å²) in [6.45, 7) is -0.170. The first-order chi connectivity index (χ1) is 13.8. The van der Waals surface area contributed by atoms with Crippen molar-refractivity contribution in [2.45, 2.75) is 40.9 Å². The lowest BCUT2D eigenvalue weighted by Gasteiger charge is -2.27. The number of carbonyl (C=O) groups is 2. The van der Waals surface area contributed by atoms with Crippen LogP contribution >= 0.6 is 11.6 Å². The van der Waals surface area contributed by atoms with Crippen LogP contribution in [0.2, 0.25) is 5.02 Å². The molecule has 1 N–H and O–H groups in total. The first-order valence-corrected chi connectivity index (χ1v) is 11.1. The fraction of sp³-hybridized carbons (Fsp3) is 0.350. The maximum absolute atomic E-state index is 13.3. The summed E-state index contributed by atoms with van der Waals surface area (Å²) in [7, 11) is -3.89. The highest BCUT2D eigenvalue weighted by Gasteiger charge is 2.57. The summed E-state index contributed by atoms with van der Waals surface area (Å²) in [6, 6.07) is 8.36. The van der Waals surface area contributed by atoms with Crippen LogP contribution in [0.25, 0.3) is 0 Å². The van der Waals surface area contributed by atoms with Crippen LogP contribution in [0, 0.1) is 0 Å². The van der Waals surface area contributed by atoms with Crippen LogP contribution in [0.3, 0.4) is 0 Å². The zero-order valence-corrected chi connectivity index (χ0v) is 16.9. The second-order valence-electron chi connectivity index (χ2n) is 7.46. The molecule has 2 heterocycles. The largest absolute Gasteiger partial charge is 0.480 e. The molecule has 7 nitrogen and oxygen atoms in total. The van der Waals surface area contributed by atoms with Crippen molar-refractivity contribution in [3.05, 3.63) is 59.4 Å². The van der Waals surface area contributed by atoms with Gasteiger partial charge in [-0.2, -0.15) is 0 Å². The predicted molar refractivity (Wildman–Crippen MR) is 105 cm³/mol. The zero-order chi connectivity index (χ0) is 20.8. The van der Waals surface area contributed by atoms with Crippen LogP contribution in [0.1, 0.15) is 24.8 Å². The van der Waals surface area contributed by atoms with Crippen molar-refractivity contribution < 1.29 is 23.1 Å². The normalized spacial score (nSPS) is 23.0. The van der Waals surface area contributed by atoms with Crippen molar-refractivity contribution in [3.63, 3.8) is 0 Å². The Labute approximate surface area is 173 Å². The van der Waals surface area contributed by atoms with Crippen molar-refractivity contribution in [3.8, 4) is 0 Å². The lowest BCUT2D eigenvalue weighted by Crippen LogP contribution is -2.46. The number of amides is 1. The van der Waals surface area contributed by atoms with Gasteiger partial charge in [-0.15, -0.1) is 0 Å². The van der Waals surface area contributed by atoms with Crippen molar-refractivity contribution >= 4 is 33.3 Å². The van der Waals surface area contributed by atoms with Crippen LogP contribution in [0.4, 0.5) is 0 Å². The lowest BCUT2D eigenvalue weighted by molar-refractivity contribution is -0.149. The van der Waals surface area contributed by atoms with Crippen LogP contribution in [-0.4, -0.2) is 53.1 Å². The maximum Gasteiger partial charge on any atom is 0.326 e. The van der Waals surface area contributed by atoms with Gasteiger partial charge in [-0.25, -0.2) is 13.2 Å². The van der Waals surface area contributed by atoms with Crippen LogP contribution in [0.15, 0.2) is 53.7 Å². The Hall–Kier alpha value is -2.45. The molecule has 1 saturated heterocycles. The minimum absolute atomic E-state index is 0.0413. The molecule has 0 bridgehead atoms. The quantitative estimate of drug-likeness (QED) is 0.774. The Balaban J connectivity index is 1.66. The maximum atomic E-state index is 13.3. The number of halogens is 1. The van der Waals surface area contributed by atoms with E-state index in [1.54, 1.807) is 36.7 Å². The molecular weight excluding hydrogens is 416 g/mol. The summed E-state index contributed by atoms with van der Waals surface area (Å²) >= 11 is 6.07. The van der Waals surface area contributed by atoms with Gasteiger partial charge >= 0.3 is 5.97 Å². The summed E-state index contributed by atoms with van der Waals surface area (Å²) in [5, 5.41) is 8.73. The molecule has 9 heteroatoms. The number of benzene rings is 1. The SMILES string of the molecule is O=C(O)C1CC(S(=O)(=O)c2ccccc2Cl)CN1C(=O)C1(c2ccncc2)CC1. The van der Waals surface area contributed by atoms with Gasteiger partial charge in [0.05, 0.1) is 20.6 Å². The van der Waals surface area contributed by atoms with E-state index < -0.39 is 32.5 Å². The number of aromatic nitrogens is 1. The summed E-state index contributed by atoms with van der Waals surface area (Å²) in [5.41, 5.74) is -0.0151. The average Bonchev–Trinajstić information content (AvgIpc) is 3.39. The third-order valence-corrected chi connectivity index (χ3v) is 8.41. The van der Waals surface area contributed by atoms with Gasteiger partial charge in [0.1, 0.15) is 6.04 Å². The molecule has 2 unspecified atom stereocenters. The number of aliphatic carboxylic acids is 1. The predicted octanol–water partition coefficient (Wildman–Crippen LogP) is 2.29.